The van der Waals surface area contributed by atoms with Gasteiger partial charge < -0.3 is 9.73 Å². The molecular formula is C9H15NO. The zero-order valence-electron chi connectivity index (χ0n) is 7.56. The molecule has 0 atom stereocenters. The lowest BCUT2D eigenvalue weighted by atomic mass is 9.99. The normalized spacial score (nSPS) is 12.0. The molecule has 1 aromatic rings. The standard InChI is InChI=1S/C9H15NO/c1-7-5-6-11-8(7)9(2,3)10-4/h5-6,10H,1-4H3. The maximum Gasteiger partial charge on any atom is 0.126 e. The highest BCUT2D eigenvalue weighted by Gasteiger charge is 2.22. The van der Waals surface area contributed by atoms with Gasteiger partial charge in [-0.25, -0.2) is 0 Å². The number of furan rings is 1. The summed E-state index contributed by atoms with van der Waals surface area (Å²) in [7, 11) is 1.93. The Morgan fingerprint density at radius 3 is 2.45 bits per heavy atom. The van der Waals surface area contributed by atoms with Gasteiger partial charge in [0.15, 0.2) is 0 Å². The summed E-state index contributed by atoms with van der Waals surface area (Å²) in [6, 6.07) is 1.98. The van der Waals surface area contributed by atoms with Crippen LogP contribution in [0.3, 0.4) is 0 Å². The number of aryl methyl sites for hydroxylation is 1. The van der Waals surface area contributed by atoms with Crippen molar-refractivity contribution in [3.05, 3.63) is 23.7 Å². The Hall–Kier alpha value is -0.760. The molecule has 2 nitrogen and oxygen atoms in total. The average molecular weight is 153 g/mol. The monoisotopic (exact) mass is 153 g/mol. The molecule has 1 rings (SSSR count). The zero-order valence-corrected chi connectivity index (χ0v) is 7.56. The van der Waals surface area contributed by atoms with Crippen molar-refractivity contribution in [3.8, 4) is 0 Å². The SMILES string of the molecule is CNC(C)(C)c1occc1C. The lowest BCUT2D eigenvalue weighted by Gasteiger charge is -2.21. The quantitative estimate of drug-likeness (QED) is 0.703. The van der Waals surface area contributed by atoms with Crippen molar-refractivity contribution in [1.29, 1.82) is 0 Å². The molecule has 0 saturated carbocycles. The molecule has 0 radical (unpaired) electrons. The van der Waals surface area contributed by atoms with Gasteiger partial charge in [-0.1, -0.05) is 0 Å². The molecule has 0 fully saturated rings. The van der Waals surface area contributed by atoms with Crippen LogP contribution in [0.5, 0.6) is 0 Å². The molecule has 0 saturated heterocycles. The van der Waals surface area contributed by atoms with Gasteiger partial charge in [-0.15, -0.1) is 0 Å². The molecule has 0 aliphatic rings. The Kier molecular flexibility index (Phi) is 2.05. The van der Waals surface area contributed by atoms with Crippen molar-refractivity contribution >= 4 is 0 Å². The Balaban J connectivity index is 3.00. The number of nitrogens with one attached hydrogen (secondary N) is 1. The molecule has 0 bridgehead atoms. The third-order valence-electron chi connectivity index (χ3n) is 2.05. The first kappa shape index (κ1) is 8.34. The highest BCUT2D eigenvalue weighted by molar-refractivity contribution is 5.21. The van der Waals surface area contributed by atoms with Crippen LogP contribution in [0.4, 0.5) is 0 Å². The maximum absolute atomic E-state index is 5.36. The zero-order chi connectivity index (χ0) is 8.48. The molecule has 0 unspecified atom stereocenters. The van der Waals surface area contributed by atoms with Crippen LogP contribution in [0.25, 0.3) is 0 Å². The fourth-order valence-corrected chi connectivity index (χ4v) is 1.13. The molecule has 0 aliphatic carbocycles. The average Bonchev–Trinajstić information content (AvgIpc) is 2.36. The van der Waals surface area contributed by atoms with E-state index in [0.29, 0.717) is 0 Å². The van der Waals surface area contributed by atoms with E-state index >= 15 is 0 Å². The smallest absolute Gasteiger partial charge is 0.126 e. The minimum atomic E-state index is -0.0619. The van der Waals surface area contributed by atoms with Crippen LogP contribution in [0.1, 0.15) is 25.2 Å². The van der Waals surface area contributed by atoms with Crippen molar-refractivity contribution in [2.24, 2.45) is 0 Å². The van der Waals surface area contributed by atoms with Crippen molar-refractivity contribution in [1.82, 2.24) is 5.32 Å². The van der Waals surface area contributed by atoms with E-state index < -0.39 is 0 Å². The van der Waals surface area contributed by atoms with Gasteiger partial charge in [0.2, 0.25) is 0 Å². The second-order valence-corrected chi connectivity index (χ2v) is 3.31. The molecular weight excluding hydrogens is 138 g/mol. The molecule has 0 spiro atoms. The second kappa shape index (κ2) is 2.70. The van der Waals surface area contributed by atoms with Crippen LogP contribution in [0.2, 0.25) is 0 Å². The van der Waals surface area contributed by atoms with Crippen LogP contribution in [-0.4, -0.2) is 7.05 Å². The van der Waals surface area contributed by atoms with Crippen LogP contribution in [-0.2, 0) is 5.54 Å². The fourth-order valence-electron chi connectivity index (χ4n) is 1.13. The van der Waals surface area contributed by atoms with Gasteiger partial charge in [0, 0.05) is 0 Å². The number of rotatable bonds is 2. The Morgan fingerprint density at radius 2 is 2.09 bits per heavy atom. The summed E-state index contributed by atoms with van der Waals surface area (Å²) in [5.74, 6) is 1.01. The van der Waals surface area contributed by atoms with Crippen LogP contribution in [0, 0.1) is 6.92 Å². The van der Waals surface area contributed by atoms with Crippen molar-refractivity contribution in [3.63, 3.8) is 0 Å². The largest absolute Gasteiger partial charge is 0.467 e. The van der Waals surface area contributed by atoms with Gasteiger partial charge in [-0.3, -0.25) is 0 Å². The topological polar surface area (TPSA) is 25.2 Å². The second-order valence-electron chi connectivity index (χ2n) is 3.31. The Bertz CT molecular complexity index is 237. The summed E-state index contributed by atoms with van der Waals surface area (Å²) < 4.78 is 5.36. The predicted molar refractivity (Wildman–Crippen MR) is 45.5 cm³/mol. The van der Waals surface area contributed by atoms with Crippen LogP contribution < -0.4 is 5.32 Å². The van der Waals surface area contributed by atoms with Gasteiger partial charge in [-0.05, 0) is 39.4 Å². The van der Waals surface area contributed by atoms with Gasteiger partial charge in [0.1, 0.15) is 5.76 Å². The Morgan fingerprint density at radius 1 is 1.45 bits per heavy atom. The molecule has 1 aromatic heterocycles. The minimum absolute atomic E-state index is 0.0619. The highest BCUT2D eigenvalue weighted by Crippen LogP contribution is 2.23. The van der Waals surface area contributed by atoms with Gasteiger partial charge in [0.05, 0.1) is 11.8 Å². The summed E-state index contributed by atoms with van der Waals surface area (Å²) in [4.78, 5) is 0. The van der Waals surface area contributed by atoms with E-state index in [4.69, 9.17) is 4.42 Å². The van der Waals surface area contributed by atoms with E-state index in [-0.39, 0.29) is 5.54 Å². The van der Waals surface area contributed by atoms with Gasteiger partial charge in [-0.2, -0.15) is 0 Å². The van der Waals surface area contributed by atoms with E-state index in [1.165, 1.54) is 5.56 Å². The first-order chi connectivity index (χ1) is 5.08. The third-order valence-corrected chi connectivity index (χ3v) is 2.05. The summed E-state index contributed by atoms with van der Waals surface area (Å²) >= 11 is 0. The first-order valence-electron chi connectivity index (χ1n) is 3.81. The summed E-state index contributed by atoms with van der Waals surface area (Å²) in [6.45, 7) is 6.25. The van der Waals surface area contributed by atoms with E-state index in [0.717, 1.165) is 5.76 Å². The maximum atomic E-state index is 5.36. The van der Waals surface area contributed by atoms with Crippen molar-refractivity contribution in [2.45, 2.75) is 26.3 Å². The number of hydrogen-bond donors (Lipinski definition) is 1. The number of hydrogen-bond acceptors (Lipinski definition) is 2. The first-order valence-corrected chi connectivity index (χ1v) is 3.81. The van der Waals surface area contributed by atoms with E-state index in [1.807, 2.05) is 13.1 Å². The third kappa shape index (κ3) is 1.46. The lowest BCUT2D eigenvalue weighted by molar-refractivity contribution is 0.339. The van der Waals surface area contributed by atoms with E-state index in [2.05, 4.69) is 26.1 Å². The predicted octanol–water partition coefficient (Wildman–Crippen LogP) is 2.04. The summed E-state index contributed by atoms with van der Waals surface area (Å²) in [5.41, 5.74) is 1.14. The molecule has 62 valence electrons. The summed E-state index contributed by atoms with van der Waals surface area (Å²) in [5, 5.41) is 3.19. The molecule has 0 amide bonds. The summed E-state index contributed by atoms with van der Waals surface area (Å²) in [6.07, 6.45) is 1.73. The highest BCUT2D eigenvalue weighted by atomic mass is 16.3. The van der Waals surface area contributed by atoms with Gasteiger partial charge in [0.25, 0.3) is 0 Å². The molecule has 11 heavy (non-hydrogen) atoms. The van der Waals surface area contributed by atoms with E-state index in [1.54, 1.807) is 6.26 Å². The fraction of sp³-hybridized carbons (Fsp3) is 0.556. The van der Waals surface area contributed by atoms with Crippen LogP contribution in [0.15, 0.2) is 16.7 Å². The molecule has 1 N–H and O–H groups in total. The molecule has 0 aliphatic heterocycles. The van der Waals surface area contributed by atoms with E-state index in [9.17, 15) is 0 Å². The lowest BCUT2D eigenvalue weighted by Crippen LogP contribution is -2.33. The van der Waals surface area contributed by atoms with Crippen molar-refractivity contribution in [2.75, 3.05) is 7.05 Å². The molecule has 0 aromatic carbocycles. The van der Waals surface area contributed by atoms with Crippen molar-refractivity contribution < 1.29 is 4.42 Å². The minimum Gasteiger partial charge on any atom is -0.467 e. The van der Waals surface area contributed by atoms with Crippen LogP contribution >= 0.6 is 0 Å². The van der Waals surface area contributed by atoms with Gasteiger partial charge >= 0.3 is 0 Å². The Labute approximate surface area is 67.6 Å². The molecule has 1 heterocycles. The molecule has 2 heteroatoms.